The summed E-state index contributed by atoms with van der Waals surface area (Å²) in [5.41, 5.74) is 10.1. The molecule has 0 spiro atoms. The number of carbonyl (C=O) groups is 1. The predicted molar refractivity (Wildman–Crippen MR) is 184 cm³/mol. The maximum absolute atomic E-state index is 13.4. The highest BCUT2D eigenvalue weighted by molar-refractivity contribution is 7.84. The first-order valence-corrected chi connectivity index (χ1v) is 18.8. The Morgan fingerprint density at radius 1 is 1.00 bits per heavy atom. The van der Waals surface area contributed by atoms with Crippen molar-refractivity contribution in [1.29, 1.82) is 0 Å². The fraction of sp³-hybridized carbons (Fsp3) is 0.639. The summed E-state index contributed by atoms with van der Waals surface area (Å²) >= 11 is 6.45. The van der Waals surface area contributed by atoms with E-state index in [-0.39, 0.29) is 41.2 Å². The largest absolute Gasteiger partial charge is 0.491 e. The van der Waals surface area contributed by atoms with Gasteiger partial charge in [0.2, 0.25) is 0 Å². The van der Waals surface area contributed by atoms with E-state index in [9.17, 15) is 9.00 Å². The molecule has 2 bridgehead atoms. The van der Waals surface area contributed by atoms with Crippen LogP contribution in [0.3, 0.4) is 0 Å². The normalized spacial score (nSPS) is 34.0. The Hall–Kier alpha value is -2.17. The minimum Gasteiger partial charge on any atom is -0.491 e. The average molecular weight is 672 g/mol. The molecule has 2 fully saturated rings. The number of nitrogens with two attached hydrogens (primary N) is 1. The Bertz CT molecular complexity index is 1400. The van der Waals surface area contributed by atoms with Crippen molar-refractivity contribution in [2.75, 3.05) is 37.8 Å². The van der Waals surface area contributed by atoms with Gasteiger partial charge in [0.25, 0.3) is 5.91 Å². The van der Waals surface area contributed by atoms with Crippen LogP contribution in [0.1, 0.15) is 86.7 Å². The Morgan fingerprint density at radius 3 is 2.54 bits per heavy atom. The van der Waals surface area contributed by atoms with E-state index in [1.165, 1.54) is 11.1 Å². The average Bonchev–Trinajstić information content (AvgIpc) is 3.21. The lowest BCUT2D eigenvalue weighted by atomic mass is 9.65. The van der Waals surface area contributed by atoms with E-state index >= 15 is 0 Å². The molecular formula is C36H50ClN3O5S. The van der Waals surface area contributed by atoms with Crippen LogP contribution in [0, 0.1) is 23.7 Å². The van der Waals surface area contributed by atoms with Crippen molar-refractivity contribution in [2.24, 2.45) is 29.4 Å². The Morgan fingerprint density at radius 2 is 1.80 bits per heavy atom. The molecule has 3 heterocycles. The van der Waals surface area contributed by atoms with Crippen molar-refractivity contribution in [1.82, 2.24) is 4.72 Å². The summed E-state index contributed by atoms with van der Waals surface area (Å²) < 4.78 is 35.1. The van der Waals surface area contributed by atoms with E-state index in [4.69, 9.17) is 31.5 Å². The number of halogens is 1. The summed E-state index contributed by atoms with van der Waals surface area (Å²) in [6.07, 6.45) is 6.90. The van der Waals surface area contributed by atoms with Crippen LogP contribution in [0.2, 0.25) is 5.02 Å². The van der Waals surface area contributed by atoms with Crippen molar-refractivity contribution in [3.63, 3.8) is 0 Å². The van der Waals surface area contributed by atoms with Crippen LogP contribution in [0.15, 0.2) is 36.4 Å². The number of amides is 1. The topological polar surface area (TPSA) is 103 Å². The number of nitrogens with one attached hydrogen (secondary N) is 1. The predicted octanol–water partition coefficient (Wildman–Crippen LogP) is 6.22. The summed E-state index contributed by atoms with van der Waals surface area (Å²) in [5.74, 6) is 1.95. The van der Waals surface area contributed by atoms with E-state index in [0.717, 1.165) is 74.5 Å². The van der Waals surface area contributed by atoms with Gasteiger partial charge < -0.3 is 24.8 Å². The highest BCUT2D eigenvalue weighted by Gasteiger charge is 2.44. The first-order valence-electron chi connectivity index (χ1n) is 17.2. The van der Waals surface area contributed by atoms with Crippen molar-refractivity contribution in [3.8, 4) is 5.75 Å². The molecule has 8 nitrogen and oxygen atoms in total. The van der Waals surface area contributed by atoms with Crippen LogP contribution in [0.4, 0.5) is 5.69 Å². The van der Waals surface area contributed by atoms with Gasteiger partial charge in [-0.1, -0.05) is 44.4 Å². The summed E-state index contributed by atoms with van der Waals surface area (Å²) in [7, 11) is -1.51. The van der Waals surface area contributed by atoms with Crippen LogP contribution < -0.4 is 20.1 Å². The molecule has 0 aromatic heterocycles. The smallest absolute Gasteiger partial charge is 0.263 e. The summed E-state index contributed by atoms with van der Waals surface area (Å²) in [6.45, 7) is 9.48. The fourth-order valence-corrected chi connectivity index (χ4v) is 9.06. The Balaban J connectivity index is 1.36. The zero-order valence-corrected chi connectivity index (χ0v) is 29.0. The molecule has 46 heavy (non-hydrogen) atoms. The van der Waals surface area contributed by atoms with Gasteiger partial charge in [0.15, 0.2) is 6.29 Å². The number of benzene rings is 2. The molecule has 1 saturated carbocycles. The van der Waals surface area contributed by atoms with E-state index in [1.54, 1.807) is 6.07 Å². The van der Waals surface area contributed by atoms with Crippen molar-refractivity contribution < 1.29 is 23.2 Å². The second kappa shape index (κ2) is 14.9. The third-order valence-corrected chi connectivity index (χ3v) is 12.6. The minimum atomic E-state index is -1.51. The highest BCUT2D eigenvalue weighted by atomic mass is 35.5. The van der Waals surface area contributed by atoms with Gasteiger partial charge in [-0.25, -0.2) is 4.21 Å². The quantitative estimate of drug-likeness (QED) is 0.398. The molecule has 4 aliphatic rings. The molecule has 1 saturated heterocycles. The standard InChI is InChI=1S/C36H50ClN3O5S/c1-4-6-24-15-28(37)11-13-30(24)27-18-40-17-26-9-12-31(26)32(36-44-20-29(38)21-45-36)8-5-7-22(2)23(3)46(42)39-35(41)25-10-14-34(43-19-27)33(40)16-25/h10-11,13-16,22-23,26-27,29,31-32,36H,4-9,12,17-21,38H2,1-3H3,(H,39,41). The van der Waals surface area contributed by atoms with Crippen LogP contribution in [-0.4, -0.2) is 60.6 Å². The van der Waals surface area contributed by atoms with Gasteiger partial charge in [-0.15, -0.1) is 0 Å². The maximum Gasteiger partial charge on any atom is 0.263 e. The van der Waals surface area contributed by atoms with Gasteiger partial charge in [-0.05, 0) is 98.2 Å². The third-order valence-electron chi connectivity index (χ3n) is 10.8. The van der Waals surface area contributed by atoms with Crippen molar-refractivity contribution in [2.45, 2.75) is 89.2 Å². The number of aryl methyl sites for hydroxylation is 1. The maximum atomic E-state index is 13.4. The van der Waals surface area contributed by atoms with Gasteiger partial charge in [-0.2, -0.15) is 0 Å². The molecule has 7 unspecified atom stereocenters. The second-order valence-electron chi connectivity index (χ2n) is 14.0. The van der Waals surface area contributed by atoms with Crippen LogP contribution >= 0.6 is 11.6 Å². The van der Waals surface area contributed by atoms with Crippen molar-refractivity contribution >= 4 is 34.2 Å². The number of carbonyl (C=O) groups excluding carboxylic acids is 1. The van der Waals surface area contributed by atoms with Crippen LogP contribution in [0.25, 0.3) is 0 Å². The Labute approximate surface area is 281 Å². The zero-order chi connectivity index (χ0) is 32.4. The van der Waals surface area contributed by atoms with E-state index in [1.807, 2.05) is 25.1 Å². The summed E-state index contributed by atoms with van der Waals surface area (Å²) in [6, 6.07) is 11.8. The van der Waals surface area contributed by atoms with E-state index in [2.05, 4.69) is 35.6 Å². The lowest BCUT2D eigenvalue weighted by molar-refractivity contribution is -0.229. The molecule has 0 radical (unpaired) electrons. The second-order valence-corrected chi connectivity index (χ2v) is 16.0. The molecule has 3 N–H and O–H groups in total. The molecule has 2 aromatic rings. The van der Waals surface area contributed by atoms with Crippen LogP contribution in [0.5, 0.6) is 5.75 Å². The van der Waals surface area contributed by atoms with E-state index < -0.39 is 11.0 Å². The summed E-state index contributed by atoms with van der Waals surface area (Å²) in [5, 5.41) is 0.577. The molecule has 10 heteroatoms. The minimum absolute atomic E-state index is 0.0871. The van der Waals surface area contributed by atoms with Gasteiger partial charge in [0.05, 0.1) is 36.8 Å². The van der Waals surface area contributed by atoms with Gasteiger partial charge in [0, 0.05) is 35.5 Å². The number of hydrogen-bond acceptors (Lipinski definition) is 7. The summed E-state index contributed by atoms with van der Waals surface area (Å²) in [4.78, 5) is 15.9. The number of hydrogen-bond donors (Lipinski definition) is 2. The highest BCUT2D eigenvalue weighted by Crippen LogP contribution is 2.47. The lowest BCUT2D eigenvalue weighted by Crippen LogP contribution is -2.50. The first-order chi connectivity index (χ1) is 22.2. The number of nitrogens with zero attached hydrogens (tertiary/aromatic N) is 1. The van der Waals surface area contributed by atoms with Gasteiger partial charge >= 0.3 is 0 Å². The monoisotopic (exact) mass is 671 g/mol. The van der Waals surface area contributed by atoms with E-state index in [0.29, 0.717) is 37.2 Å². The number of anilines is 1. The molecule has 1 amide bonds. The fourth-order valence-electron chi connectivity index (χ4n) is 7.82. The first kappa shape index (κ1) is 33.7. The molecule has 2 aromatic carbocycles. The molecule has 7 atom stereocenters. The van der Waals surface area contributed by atoms with Gasteiger partial charge in [0.1, 0.15) is 16.7 Å². The van der Waals surface area contributed by atoms with Crippen molar-refractivity contribution in [3.05, 3.63) is 58.1 Å². The molecule has 252 valence electrons. The van der Waals surface area contributed by atoms with Gasteiger partial charge in [-0.3, -0.25) is 9.52 Å². The number of rotatable bonds is 4. The zero-order valence-electron chi connectivity index (χ0n) is 27.4. The molecule has 6 rings (SSSR count). The number of ether oxygens (including phenoxy) is 3. The third kappa shape index (κ3) is 7.44. The number of fused-ring (bicyclic) bond motifs is 2. The molecule has 3 aliphatic heterocycles. The Kier molecular flexibility index (Phi) is 11.0. The molecular weight excluding hydrogens is 622 g/mol. The molecule has 1 aliphatic carbocycles. The lowest BCUT2D eigenvalue weighted by Gasteiger charge is -2.47. The SMILES string of the molecule is CCCc1cc(Cl)ccc1C1COc2ccc3cc2N(C1)CC1CCC1C(C1OCC(N)CO1)CCCC(C)C(C)S(=O)NC3=O. The van der Waals surface area contributed by atoms with Crippen LogP contribution in [-0.2, 0) is 26.9 Å².